The standard InChI is InChI=1S/C33H54N4O5/c1-5-8-10-12-16-23-36-32(39)31(35-37(33(36)40)24-17-13-11-9-6-2)34-22-15-14-19-28-20-18-21-29(25-28)42-27(4)26-41-30(38)7-3/h18,20-21,25,27H,5-17,19,22-24,26H2,1-4H3,(H,34,35). The van der Waals surface area contributed by atoms with Crippen LogP contribution in [0.5, 0.6) is 5.75 Å². The van der Waals surface area contributed by atoms with Gasteiger partial charge in [-0.25, -0.2) is 9.48 Å². The highest BCUT2D eigenvalue weighted by atomic mass is 16.6. The molecule has 1 heterocycles. The van der Waals surface area contributed by atoms with E-state index in [9.17, 15) is 14.4 Å². The van der Waals surface area contributed by atoms with E-state index in [1.54, 1.807) is 6.92 Å². The van der Waals surface area contributed by atoms with Crippen LogP contribution in [0.1, 0.15) is 117 Å². The Morgan fingerprint density at radius 3 is 2.29 bits per heavy atom. The first-order valence-corrected chi connectivity index (χ1v) is 16.3. The predicted molar refractivity (Wildman–Crippen MR) is 169 cm³/mol. The summed E-state index contributed by atoms with van der Waals surface area (Å²) in [7, 11) is 0. The molecule has 1 N–H and O–H groups in total. The van der Waals surface area contributed by atoms with E-state index >= 15 is 0 Å². The van der Waals surface area contributed by atoms with E-state index in [1.807, 2.05) is 25.1 Å². The van der Waals surface area contributed by atoms with Crippen LogP contribution in [0.2, 0.25) is 0 Å². The van der Waals surface area contributed by atoms with Crippen molar-refractivity contribution in [2.24, 2.45) is 0 Å². The number of aromatic nitrogens is 3. The average molecular weight is 587 g/mol. The minimum atomic E-state index is -0.318. The Kier molecular flexibility index (Phi) is 17.3. The quantitative estimate of drug-likeness (QED) is 0.117. The maximum atomic E-state index is 13.2. The minimum absolute atomic E-state index is 0.226. The van der Waals surface area contributed by atoms with Gasteiger partial charge in [0.25, 0.3) is 5.56 Å². The summed E-state index contributed by atoms with van der Waals surface area (Å²) >= 11 is 0. The van der Waals surface area contributed by atoms with Crippen molar-refractivity contribution in [2.45, 2.75) is 137 Å². The molecular weight excluding hydrogens is 532 g/mol. The van der Waals surface area contributed by atoms with Crippen LogP contribution in [-0.4, -0.2) is 39.6 Å². The fourth-order valence-electron chi connectivity index (χ4n) is 4.77. The molecule has 1 atom stereocenters. The number of benzene rings is 1. The van der Waals surface area contributed by atoms with Gasteiger partial charge in [0, 0.05) is 26.1 Å². The SMILES string of the molecule is CCCCCCCn1nc(NCCCCc2cccc(OC(C)COC(=O)CC)c2)c(=O)n(CCCCCCC)c1=O. The van der Waals surface area contributed by atoms with Crippen LogP contribution in [0.15, 0.2) is 33.9 Å². The van der Waals surface area contributed by atoms with Gasteiger partial charge in [0.15, 0.2) is 0 Å². The molecule has 2 aromatic rings. The second-order valence-corrected chi connectivity index (χ2v) is 11.1. The molecule has 0 saturated heterocycles. The lowest BCUT2D eigenvalue weighted by atomic mass is 10.1. The van der Waals surface area contributed by atoms with Crippen LogP contribution >= 0.6 is 0 Å². The molecule has 0 fully saturated rings. The fourth-order valence-corrected chi connectivity index (χ4v) is 4.77. The Morgan fingerprint density at radius 1 is 0.905 bits per heavy atom. The van der Waals surface area contributed by atoms with Gasteiger partial charge in [-0.1, -0.05) is 84.3 Å². The molecule has 0 saturated carbocycles. The second-order valence-electron chi connectivity index (χ2n) is 11.1. The number of carbonyl (C=O) groups is 1. The molecule has 0 aliphatic heterocycles. The van der Waals surface area contributed by atoms with Gasteiger partial charge in [-0.3, -0.25) is 14.2 Å². The lowest BCUT2D eigenvalue weighted by Crippen LogP contribution is -2.43. The van der Waals surface area contributed by atoms with E-state index < -0.39 is 0 Å². The number of unbranched alkanes of at least 4 members (excludes halogenated alkanes) is 9. The summed E-state index contributed by atoms with van der Waals surface area (Å²) in [5, 5.41) is 7.67. The number of nitrogens with zero attached hydrogens (tertiary/aromatic N) is 3. The maximum Gasteiger partial charge on any atom is 0.347 e. The third kappa shape index (κ3) is 13.3. The first kappa shape index (κ1) is 35.1. The van der Waals surface area contributed by atoms with Crippen LogP contribution in [0, 0.1) is 0 Å². The van der Waals surface area contributed by atoms with Gasteiger partial charge < -0.3 is 14.8 Å². The van der Waals surface area contributed by atoms with Gasteiger partial charge >= 0.3 is 11.7 Å². The summed E-state index contributed by atoms with van der Waals surface area (Å²) in [6.07, 6.45) is 13.5. The molecule has 42 heavy (non-hydrogen) atoms. The van der Waals surface area contributed by atoms with Crippen molar-refractivity contribution < 1.29 is 14.3 Å². The monoisotopic (exact) mass is 586 g/mol. The average Bonchev–Trinajstić information content (AvgIpc) is 2.99. The second kappa shape index (κ2) is 20.7. The number of esters is 1. The molecule has 0 amide bonds. The number of ether oxygens (including phenoxy) is 2. The van der Waals surface area contributed by atoms with Gasteiger partial charge in [0.05, 0.1) is 0 Å². The summed E-state index contributed by atoms with van der Waals surface area (Å²) < 4.78 is 13.9. The third-order valence-corrected chi connectivity index (χ3v) is 7.27. The van der Waals surface area contributed by atoms with Gasteiger partial charge in [0.1, 0.15) is 18.5 Å². The van der Waals surface area contributed by atoms with E-state index in [0.29, 0.717) is 26.1 Å². The highest BCUT2D eigenvalue weighted by Crippen LogP contribution is 2.17. The summed E-state index contributed by atoms with van der Waals surface area (Å²) in [6, 6.07) is 7.96. The Hall–Kier alpha value is -3.10. The van der Waals surface area contributed by atoms with Crippen molar-refractivity contribution in [2.75, 3.05) is 18.5 Å². The van der Waals surface area contributed by atoms with Crippen molar-refractivity contribution in [3.63, 3.8) is 0 Å². The van der Waals surface area contributed by atoms with Gasteiger partial charge in [-0.15, -0.1) is 5.10 Å². The summed E-state index contributed by atoms with van der Waals surface area (Å²) in [6.45, 7) is 9.80. The molecule has 9 heteroatoms. The number of anilines is 1. The Bertz CT molecular complexity index is 1160. The van der Waals surface area contributed by atoms with Crippen LogP contribution in [-0.2, 0) is 29.0 Å². The fraction of sp³-hybridized carbons (Fsp3) is 0.697. The molecule has 0 bridgehead atoms. The minimum Gasteiger partial charge on any atom is -0.487 e. The summed E-state index contributed by atoms with van der Waals surface area (Å²) in [5.41, 5.74) is 0.545. The van der Waals surface area contributed by atoms with Crippen molar-refractivity contribution in [1.82, 2.24) is 14.3 Å². The molecule has 1 aromatic carbocycles. The molecule has 0 radical (unpaired) electrons. The number of carbonyl (C=O) groups excluding carboxylic acids is 1. The molecule has 2 rings (SSSR count). The Balaban J connectivity index is 1.93. The normalized spacial score (nSPS) is 11.8. The zero-order valence-corrected chi connectivity index (χ0v) is 26.5. The molecule has 0 aliphatic carbocycles. The first-order valence-electron chi connectivity index (χ1n) is 16.3. The molecule has 1 unspecified atom stereocenters. The molecular formula is C33H54N4O5. The highest BCUT2D eigenvalue weighted by molar-refractivity contribution is 5.68. The molecule has 1 aromatic heterocycles. The van der Waals surface area contributed by atoms with E-state index in [1.165, 1.54) is 28.5 Å². The van der Waals surface area contributed by atoms with Crippen molar-refractivity contribution in [3.05, 3.63) is 50.7 Å². The zero-order valence-electron chi connectivity index (χ0n) is 26.5. The van der Waals surface area contributed by atoms with Crippen LogP contribution < -0.4 is 21.3 Å². The lowest BCUT2D eigenvalue weighted by molar-refractivity contribution is -0.145. The maximum absolute atomic E-state index is 13.2. The van der Waals surface area contributed by atoms with Crippen LogP contribution in [0.3, 0.4) is 0 Å². The topological polar surface area (TPSA) is 104 Å². The largest absolute Gasteiger partial charge is 0.487 e. The summed E-state index contributed by atoms with van der Waals surface area (Å²) in [5.74, 6) is 0.789. The number of hydrogen-bond acceptors (Lipinski definition) is 7. The van der Waals surface area contributed by atoms with E-state index in [0.717, 1.165) is 75.5 Å². The van der Waals surface area contributed by atoms with Crippen molar-refractivity contribution in [3.8, 4) is 5.75 Å². The van der Waals surface area contributed by atoms with E-state index in [4.69, 9.17) is 9.47 Å². The number of rotatable bonds is 23. The molecule has 9 nitrogen and oxygen atoms in total. The summed E-state index contributed by atoms with van der Waals surface area (Å²) in [4.78, 5) is 37.6. The highest BCUT2D eigenvalue weighted by Gasteiger charge is 2.13. The van der Waals surface area contributed by atoms with Crippen LogP contribution in [0.4, 0.5) is 5.82 Å². The van der Waals surface area contributed by atoms with E-state index in [-0.39, 0.29) is 35.7 Å². The third-order valence-electron chi connectivity index (χ3n) is 7.27. The molecule has 0 spiro atoms. The van der Waals surface area contributed by atoms with Gasteiger partial charge in [-0.05, 0) is 56.7 Å². The zero-order chi connectivity index (χ0) is 30.6. The van der Waals surface area contributed by atoms with Crippen molar-refractivity contribution >= 4 is 11.8 Å². The first-order chi connectivity index (χ1) is 20.4. The number of nitrogens with one attached hydrogen (secondary N) is 1. The Labute approximate surface area is 252 Å². The Morgan fingerprint density at radius 2 is 1.60 bits per heavy atom. The smallest absolute Gasteiger partial charge is 0.347 e. The van der Waals surface area contributed by atoms with Crippen LogP contribution in [0.25, 0.3) is 0 Å². The predicted octanol–water partition coefficient (Wildman–Crippen LogP) is 6.50. The molecule has 236 valence electrons. The van der Waals surface area contributed by atoms with Crippen molar-refractivity contribution in [1.29, 1.82) is 0 Å². The lowest BCUT2D eigenvalue weighted by Gasteiger charge is -2.15. The van der Waals surface area contributed by atoms with E-state index in [2.05, 4.69) is 30.3 Å². The number of aryl methyl sites for hydroxylation is 2. The van der Waals surface area contributed by atoms with Gasteiger partial charge in [-0.2, -0.15) is 0 Å². The molecule has 0 aliphatic rings. The number of hydrogen-bond donors (Lipinski definition) is 1. The van der Waals surface area contributed by atoms with Gasteiger partial charge in [0.2, 0.25) is 5.82 Å².